The van der Waals surface area contributed by atoms with E-state index in [9.17, 15) is 9.18 Å². The van der Waals surface area contributed by atoms with Gasteiger partial charge < -0.3 is 13.9 Å². The Morgan fingerprint density at radius 1 is 1.05 bits per heavy atom. The van der Waals surface area contributed by atoms with Crippen LogP contribution in [0.5, 0.6) is 11.5 Å². The molecular weight excluding hydrogens is 583 g/mol. The summed E-state index contributed by atoms with van der Waals surface area (Å²) in [7, 11) is 0. The van der Waals surface area contributed by atoms with E-state index in [0.29, 0.717) is 38.4 Å². The quantitative estimate of drug-likeness (QED) is 0.181. The normalized spacial score (nSPS) is 15.4. The lowest BCUT2D eigenvalue weighted by molar-refractivity contribution is -0.122. The van der Waals surface area contributed by atoms with Crippen molar-refractivity contribution in [3.05, 3.63) is 117 Å². The highest BCUT2D eigenvalue weighted by Crippen LogP contribution is 2.40. The zero-order valence-corrected chi connectivity index (χ0v) is 23.4. The minimum atomic E-state index is -0.300. The standard InChI is InChI=1S/C30H24BrFN2O4S/c1-2-36-26-16-21(15-25(31)28(26)38-19-20-10-12-22(32)13-11-20)17-27-29(35)34(18-24-9-6-14-37-24)30(39-27)33-23-7-4-3-5-8-23/h3-17H,2,18-19H2,1H3/b27-17-,33-30?. The first-order chi connectivity index (χ1) is 19.0. The Hall–Kier alpha value is -3.82. The van der Waals surface area contributed by atoms with Gasteiger partial charge in [-0.25, -0.2) is 9.38 Å². The number of rotatable bonds is 9. The number of para-hydroxylation sites is 1. The molecule has 1 fully saturated rings. The van der Waals surface area contributed by atoms with Gasteiger partial charge in [0, 0.05) is 0 Å². The minimum absolute atomic E-state index is 0.170. The third-order valence-electron chi connectivity index (χ3n) is 5.69. The molecule has 0 N–H and O–H groups in total. The number of halogens is 2. The molecule has 3 aromatic carbocycles. The van der Waals surface area contributed by atoms with Gasteiger partial charge in [-0.2, -0.15) is 0 Å². The van der Waals surface area contributed by atoms with Gasteiger partial charge in [0.2, 0.25) is 0 Å². The number of ether oxygens (including phenoxy) is 2. The number of hydrogen-bond donors (Lipinski definition) is 0. The second kappa shape index (κ2) is 12.4. The van der Waals surface area contributed by atoms with Gasteiger partial charge in [0.05, 0.1) is 34.5 Å². The molecule has 1 aliphatic rings. The van der Waals surface area contributed by atoms with Crippen molar-refractivity contribution < 1.29 is 23.1 Å². The van der Waals surface area contributed by atoms with Crippen LogP contribution in [-0.2, 0) is 17.9 Å². The molecule has 1 aromatic heterocycles. The van der Waals surface area contributed by atoms with E-state index in [1.807, 2.05) is 61.5 Å². The largest absolute Gasteiger partial charge is 0.490 e. The molecule has 0 saturated carbocycles. The molecule has 0 atom stereocenters. The maximum atomic E-state index is 13.5. The topological polar surface area (TPSA) is 64.3 Å². The number of aliphatic imine (C=N–C) groups is 1. The summed E-state index contributed by atoms with van der Waals surface area (Å²) in [5.74, 6) is 1.25. The first-order valence-electron chi connectivity index (χ1n) is 12.2. The monoisotopic (exact) mass is 606 g/mol. The zero-order valence-electron chi connectivity index (χ0n) is 21.0. The Kier molecular flexibility index (Phi) is 8.48. The van der Waals surface area contributed by atoms with Crippen LogP contribution in [0.1, 0.15) is 23.8 Å². The highest BCUT2D eigenvalue weighted by Gasteiger charge is 2.34. The van der Waals surface area contributed by atoms with Crippen LogP contribution in [0, 0.1) is 5.82 Å². The van der Waals surface area contributed by atoms with E-state index in [-0.39, 0.29) is 24.9 Å². The SMILES string of the molecule is CCOc1cc(/C=C2\SC(=Nc3ccccc3)N(Cc3ccco3)C2=O)cc(Br)c1OCc1ccc(F)cc1. The van der Waals surface area contributed by atoms with E-state index in [1.165, 1.54) is 23.9 Å². The molecular formula is C30H24BrFN2O4S. The smallest absolute Gasteiger partial charge is 0.267 e. The molecule has 0 spiro atoms. The summed E-state index contributed by atoms with van der Waals surface area (Å²) in [6, 6.07) is 23.0. The fourth-order valence-electron chi connectivity index (χ4n) is 3.86. The molecule has 2 heterocycles. The summed E-state index contributed by atoms with van der Waals surface area (Å²) in [5.41, 5.74) is 2.34. The van der Waals surface area contributed by atoms with Gasteiger partial charge in [-0.1, -0.05) is 30.3 Å². The van der Waals surface area contributed by atoms with Crippen molar-refractivity contribution in [1.82, 2.24) is 4.90 Å². The summed E-state index contributed by atoms with van der Waals surface area (Å²) >= 11 is 4.90. The summed E-state index contributed by atoms with van der Waals surface area (Å²) < 4.78 is 31.3. The summed E-state index contributed by atoms with van der Waals surface area (Å²) in [6.45, 7) is 2.83. The van der Waals surface area contributed by atoms with Crippen molar-refractivity contribution >= 4 is 50.5 Å². The first kappa shape index (κ1) is 26.8. The zero-order chi connectivity index (χ0) is 27.2. The fourth-order valence-corrected chi connectivity index (χ4v) is 5.44. The average molecular weight is 608 g/mol. The van der Waals surface area contributed by atoms with Crippen molar-refractivity contribution in [2.45, 2.75) is 20.1 Å². The van der Waals surface area contributed by atoms with E-state index in [1.54, 1.807) is 29.4 Å². The first-order valence-corrected chi connectivity index (χ1v) is 13.8. The lowest BCUT2D eigenvalue weighted by atomic mass is 10.1. The maximum Gasteiger partial charge on any atom is 0.267 e. The van der Waals surface area contributed by atoms with Crippen molar-refractivity contribution in [2.75, 3.05) is 6.61 Å². The highest BCUT2D eigenvalue weighted by molar-refractivity contribution is 9.10. The molecule has 0 aliphatic carbocycles. The third kappa shape index (κ3) is 6.61. The lowest BCUT2D eigenvalue weighted by Gasteiger charge is -2.15. The van der Waals surface area contributed by atoms with Gasteiger partial charge in [-0.05, 0) is 100 Å². The predicted octanol–water partition coefficient (Wildman–Crippen LogP) is 7.96. The molecule has 39 heavy (non-hydrogen) atoms. The average Bonchev–Trinajstić information content (AvgIpc) is 3.54. The van der Waals surface area contributed by atoms with Crippen molar-refractivity contribution in [2.24, 2.45) is 4.99 Å². The van der Waals surface area contributed by atoms with E-state index in [4.69, 9.17) is 18.9 Å². The van der Waals surface area contributed by atoms with E-state index >= 15 is 0 Å². The van der Waals surface area contributed by atoms with Gasteiger partial charge in [-0.15, -0.1) is 0 Å². The molecule has 198 valence electrons. The molecule has 1 saturated heterocycles. The van der Waals surface area contributed by atoms with Gasteiger partial charge in [0.1, 0.15) is 18.2 Å². The van der Waals surface area contributed by atoms with E-state index < -0.39 is 0 Å². The Morgan fingerprint density at radius 2 is 1.85 bits per heavy atom. The van der Waals surface area contributed by atoms with Crippen LogP contribution in [0.25, 0.3) is 6.08 Å². The fraction of sp³-hybridized carbons (Fsp3) is 0.133. The van der Waals surface area contributed by atoms with Crippen LogP contribution in [0.4, 0.5) is 10.1 Å². The molecule has 9 heteroatoms. The van der Waals surface area contributed by atoms with E-state index in [0.717, 1.165) is 16.8 Å². The molecule has 4 aromatic rings. The number of hydrogen-bond acceptors (Lipinski definition) is 6. The van der Waals surface area contributed by atoms with Gasteiger partial charge in [0.25, 0.3) is 5.91 Å². The molecule has 0 bridgehead atoms. The van der Waals surface area contributed by atoms with Crippen LogP contribution >= 0.6 is 27.7 Å². The lowest BCUT2D eigenvalue weighted by Crippen LogP contribution is -2.28. The van der Waals surface area contributed by atoms with E-state index in [2.05, 4.69) is 15.9 Å². The number of carbonyl (C=O) groups is 1. The molecule has 0 unspecified atom stereocenters. The molecule has 5 rings (SSSR count). The highest BCUT2D eigenvalue weighted by atomic mass is 79.9. The molecule has 6 nitrogen and oxygen atoms in total. The maximum absolute atomic E-state index is 13.5. The van der Waals surface area contributed by atoms with Crippen molar-refractivity contribution in [3.63, 3.8) is 0 Å². The number of amides is 1. The summed E-state index contributed by atoms with van der Waals surface area (Å²) in [6.07, 6.45) is 3.40. The summed E-state index contributed by atoms with van der Waals surface area (Å²) in [4.78, 5) is 20.4. The van der Waals surface area contributed by atoms with Gasteiger partial charge in [-0.3, -0.25) is 9.69 Å². The molecule has 1 aliphatic heterocycles. The molecule has 1 amide bonds. The number of nitrogens with zero attached hydrogens (tertiary/aromatic N) is 2. The van der Waals surface area contributed by atoms with Crippen LogP contribution in [-0.4, -0.2) is 22.6 Å². The van der Waals surface area contributed by atoms with Crippen LogP contribution in [0.3, 0.4) is 0 Å². The third-order valence-corrected chi connectivity index (χ3v) is 7.28. The minimum Gasteiger partial charge on any atom is -0.490 e. The number of benzene rings is 3. The van der Waals surface area contributed by atoms with Crippen molar-refractivity contribution in [1.29, 1.82) is 0 Å². The number of amidine groups is 1. The van der Waals surface area contributed by atoms with Crippen molar-refractivity contribution in [3.8, 4) is 11.5 Å². The second-order valence-electron chi connectivity index (χ2n) is 8.49. The van der Waals surface area contributed by atoms with Crippen LogP contribution < -0.4 is 9.47 Å². The van der Waals surface area contributed by atoms with Gasteiger partial charge in [0.15, 0.2) is 16.7 Å². The Morgan fingerprint density at radius 3 is 2.56 bits per heavy atom. The second-order valence-corrected chi connectivity index (χ2v) is 10.4. The number of furan rings is 1. The Bertz CT molecular complexity index is 1510. The van der Waals surface area contributed by atoms with Gasteiger partial charge >= 0.3 is 0 Å². The van der Waals surface area contributed by atoms with Crippen LogP contribution in [0.2, 0.25) is 0 Å². The predicted molar refractivity (Wildman–Crippen MR) is 154 cm³/mol. The van der Waals surface area contributed by atoms with Crippen LogP contribution in [0.15, 0.2) is 104 Å². The Labute approximate surface area is 238 Å². The number of carbonyl (C=O) groups excluding carboxylic acids is 1. The number of thioether (sulfide) groups is 1. The summed E-state index contributed by atoms with van der Waals surface area (Å²) in [5, 5.41) is 0.567. The Balaban J connectivity index is 1.44. The molecule has 0 radical (unpaired) electrons.